The topological polar surface area (TPSA) is 12.0 Å². The van der Waals surface area contributed by atoms with Crippen LogP contribution < -0.4 is 5.32 Å². The molecule has 0 fully saturated rings. The van der Waals surface area contributed by atoms with Crippen LogP contribution in [0.4, 0.5) is 5.69 Å². The highest BCUT2D eigenvalue weighted by atomic mass is 79.9. The van der Waals surface area contributed by atoms with Crippen molar-refractivity contribution in [3.05, 3.63) is 61.7 Å². The zero-order chi connectivity index (χ0) is 13.2. The Bertz CT molecular complexity index is 721. The monoisotopic (exact) mass is 395 g/mol. The summed E-state index contributed by atoms with van der Waals surface area (Å²) >= 11 is 8.73. The van der Waals surface area contributed by atoms with E-state index in [4.69, 9.17) is 0 Å². The average Bonchev–Trinajstić information content (AvgIpc) is 2.82. The van der Waals surface area contributed by atoms with Crippen LogP contribution in [0.5, 0.6) is 0 Å². The van der Waals surface area contributed by atoms with Crippen LogP contribution in [0.1, 0.15) is 4.88 Å². The molecule has 0 saturated carbocycles. The van der Waals surface area contributed by atoms with Gasteiger partial charge in [-0.3, -0.25) is 0 Å². The van der Waals surface area contributed by atoms with Crippen LogP contribution in [0.15, 0.2) is 56.8 Å². The first-order chi connectivity index (χ1) is 9.20. The van der Waals surface area contributed by atoms with Crippen molar-refractivity contribution in [2.45, 2.75) is 6.54 Å². The molecule has 0 atom stereocenters. The minimum absolute atomic E-state index is 0.859. The maximum absolute atomic E-state index is 3.50. The fraction of sp³-hybridized carbons (Fsp3) is 0.0667. The van der Waals surface area contributed by atoms with E-state index in [-0.39, 0.29) is 0 Å². The zero-order valence-corrected chi connectivity index (χ0v) is 14.0. The molecule has 0 spiro atoms. The number of nitrogens with one attached hydrogen (secondary N) is 1. The third-order valence-electron chi connectivity index (χ3n) is 2.89. The van der Waals surface area contributed by atoms with E-state index < -0.39 is 0 Å². The molecule has 1 N–H and O–H groups in total. The summed E-state index contributed by atoms with van der Waals surface area (Å²) in [5.74, 6) is 0. The van der Waals surface area contributed by atoms with Gasteiger partial charge in [-0.25, -0.2) is 0 Å². The molecule has 0 unspecified atom stereocenters. The van der Waals surface area contributed by atoms with Gasteiger partial charge < -0.3 is 5.32 Å². The fourth-order valence-electron chi connectivity index (χ4n) is 1.96. The van der Waals surface area contributed by atoms with Crippen molar-refractivity contribution in [2.75, 3.05) is 5.32 Å². The first-order valence-electron chi connectivity index (χ1n) is 5.87. The predicted octanol–water partition coefficient (Wildman–Crippen LogP) is 6.04. The number of anilines is 1. The van der Waals surface area contributed by atoms with E-state index in [1.54, 1.807) is 11.3 Å². The van der Waals surface area contributed by atoms with E-state index in [9.17, 15) is 0 Å². The van der Waals surface area contributed by atoms with Crippen molar-refractivity contribution in [3.63, 3.8) is 0 Å². The molecular weight excluding hydrogens is 386 g/mol. The Kier molecular flexibility index (Phi) is 3.91. The third kappa shape index (κ3) is 3.19. The summed E-state index contributed by atoms with van der Waals surface area (Å²) in [7, 11) is 0. The van der Waals surface area contributed by atoms with E-state index in [1.165, 1.54) is 15.6 Å². The highest BCUT2D eigenvalue weighted by molar-refractivity contribution is 9.10. The Labute approximate surface area is 132 Å². The van der Waals surface area contributed by atoms with Crippen molar-refractivity contribution in [1.29, 1.82) is 0 Å². The van der Waals surface area contributed by atoms with Crippen LogP contribution in [0, 0.1) is 0 Å². The normalized spacial score (nSPS) is 10.8. The van der Waals surface area contributed by atoms with Gasteiger partial charge in [0.15, 0.2) is 0 Å². The van der Waals surface area contributed by atoms with Gasteiger partial charge in [0.2, 0.25) is 0 Å². The van der Waals surface area contributed by atoms with E-state index in [1.807, 2.05) is 0 Å². The van der Waals surface area contributed by atoms with Gasteiger partial charge in [-0.05, 0) is 57.0 Å². The molecule has 0 radical (unpaired) electrons. The van der Waals surface area contributed by atoms with Crippen molar-refractivity contribution in [2.24, 2.45) is 0 Å². The Morgan fingerprint density at radius 2 is 1.68 bits per heavy atom. The van der Waals surface area contributed by atoms with Gasteiger partial charge in [-0.2, -0.15) is 0 Å². The molecular formula is C15H11Br2NS. The fourth-order valence-corrected chi connectivity index (χ4v) is 3.73. The van der Waals surface area contributed by atoms with Gasteiger partial charge >= 0.3 is 0 Å². The maximum atomic E-state index is 3.50. The second-order valence-electron chi connectivity index (χ2n) is 4.29. The first-order valence-corrected chi connectivity index (χ1v) is 8.33. The lowest BCUT2D eigenvalue weighted by atomic mass is 10.1. The molecule has 3 rings (SSSR count). The Morgan fingerprint density at radius 3 is 2.47 bits per heavy atom. The van der Waals surface area contributed by atoms with Gasteiger partial charge in [0.1, 0.15) is 0 Å². The molecule has 1 heterocycles. The highest BCUT2D eigenvalue weighted by Crippen LogP contribution is 2.24. The van der Waals surface area contributed by atoms with Gasteiger partial charge in [0, 0.05) is 31.4 Å². The summed E-state index contributed by atoms with van der Waals surface area (Å²) in [6.45, 7) is 0.859. The van der Waals surface area contributed by atoms with Crippen molar-refractivity contribution < 1.29 is 0 Å². The molecule has 0 bridgehead atoms. The quantitative estimate of drug-likeness (QED) is 0.569. The lowest BCUT2D eigenvalue weighted by Crippen LogP contribution is -1.96. The molecule has 96 valence electrons. The van der Waals surface area contributed by atoms with Gasteiger partial charge in [-0.15, -0.1) is 11.3 Å². The summed E-state index contributed by atoms with van der Waals surface area (Å²) in [5, 5.41) is 8.06. The number of rotatable bonds is 3. The van der Waals surface area contributed by atoms with Crippen LogP contribution >= 0.6 is 43.2 Å². The number of thiophene rings is 1. The molecule has 0 aliphatic carbocycles. The molecule has 0 saturated heterocycles. The molecule has 19 heavy (non-hydrogen) atoms. The van der Waals surface area contributed by atoms with Crippen LogP contribution in [0.25, 0.3) is 10.8 Å². The lowest BCUT2D eigenvalue weighted by molar-refractivity contribution is 1.19. The minimum Gasteiger partial charge on any atom is -0.380 e. The number of hydrogen-bond donors (Lipinski definition) is 1. The van der Waals surface area contributed by atoms with E-state index >= 15 is 0 Å². The second kappa shape index (κ2) is 5.65. The summed E-state index contributed by atoms with van der Waals surface area (Å²) in [4.78, 5) is 1.32. The molecule has 0 aliphatic heterocycles. The van der Waals surface area contributed by atoms with Crippen molar-refractivity contribution >= 4 is 59.7 Å². The van der Waals surface area contributed by atoms with Crippen molar-refractivity contribution in [3.8, 4) is 0 Å². The number of fused-ring (bicyclic) bond motifs is 1. The third-order valence-corrected chi connectivity index (χ3v) is 5.08. The molecule has 1 nitrogen and oxygen atoms in total. The number of halogens is 2. The SMILES string of the molecule is Brc1csc(CNc2ccc3cc(Br)ccc3c2)c1. The molecule has 1 aromatic heterocycles. The Morgan fingerprint density at radius 1 is 0.895 bits per heavy atom. The first kappa shape index (κ1) is 13.2. The van der Waals surface area contributed by atoms with Gasteiger partial charge in [-0.1, -0.05) is 28.1 Å². The molecule has 0 amide bonds. The van der Waals surface area contributed by atoms with E-state index in [0.717, 1.165) is 21.2 Å². The Hall–Kier alpha value is -0.840. The van der Waals surface area contributed by atoms with Gasteiger partial charge in [0.05, 0.1) is 0 Å². The van der Waals surface area contributed by atoms with Crippen LogP contribution in [-0.4, -0.2) is 0 Å². The zero-order valence-electron chi connectivity index (χ0n) is 9.99. The van der Waals surface area contributed by atoms with Gasteiger partial charge in [0.25, 0.3) is 0 Å². The highest BCUT2D eigenvalue weighted by Gasteiger charge is 2.00. The van der Waals surface area contributed by atoms with Crippen LogP contribution in [0.2, 0.25) is 0 Å². The smallest absolute Gasteiger partial charge is 0.0494 e. The molecule has 0 aliphatic rings. The molecule has 3 aromatic rings. The predicted molar refractivity (Wildman–Crippen MR) is 91.0 cm³/mol. The van der Waals surface area contributed by atoms with E-state index in [2.05, 4.69) is 85.0 Å². The summed E-state index contributed by atoms with van der Waals surface area (Å²) in [5.41, 5.74) is 1.15. The minimum atomic E-state index is 0.859. The molecule has 2 aromatic carbocycles. The standard InChI is InChI=1S/C15H11Br2NS/c16-12-3-1-11-6-14(4-2-10(11)5-12)18-8-15-7-13(17)9-19-15/h1-7,9,18H,8H2. The van der Waals surface area contributed by atoms with Crippen LogP contribution in [-0.2, 0) is 6.54 Å². The van der Waals surface area contributed by atoms with E-state index in [0.29, 0.717) is 0 Å². The largest absolute Gasteiger partial charge is 0.380 e. The summed E-state index contributed by atoms with van der Waals surface area (Å²) in [6.07, 6.45) is 0. The molecule has 4 heteroatoms. The summed E-state index contributed by atoms with van der Waals surface area (Å²) < 4.78 is 2.27. The lowest BCUT2D eigenvalue weighted by Gasteiger charge is -2.06. The maximum Gasteiger partial charge on any atom is 0.0494 e. The summed E-state index contributed by atoms with van der Waals surface area (Å²) in [6, 6.07) is 14.9. The number of benzene rings is 2. The second-order valence-corrected chi connectivity index (χ2v) is 7.12. The van der Waals surface area contributed by atoms with Crippen molar-refractivity contribution in [1.82, 2.24) is 0 Å². The average molecular weight is 397 g/mol. The van der Waals surface area contributed by atoms with Crippen LogP contribution in [0.3, 0.4) is 0 Å². The Balaban J connectivity index is 1.79. The number of hydrogen-bond acceptors (Lipinski definition) is 2.